The monoisotopic (exact) mass is 598 g/mol. The van der Waals surface area contributed by atoms with Gasteiger partial charge in [-0.15, -0.1) is 4.40 Å². The standard InChI is InChI=1S/C28H46N4O8S/c1-16-17(2)22(18(3)19-15-28(10,11)38-21(16)19)41(36,37)32-24(31-40-27(7,8)9)29-14-12-13-20(23(33)34)30-25(35)39-26(4,5)6/h20H,12-15H2,1-11H3,(H,30,35)(H,33,34)(H2,29,31,32)/t20-/m0/s1. The van der Waals surface area contributed by atoms with E-state index in [9.17, 15) is 23.1 Å². The number of alkyl carbamates (subject to hydrolysis) is 1. The molecule has 12 nitrogen and oxygen atoms in total. The smallest absolute Gasteiger partial charge is 0.408 e. The van der Waals surface area contributed by atoms with E-state index in [1.54, 1.807) is 55.4 Å². The highest BCUT2D eigenvalue weighted by molar-refractivity contribution is 7.90. The van der Waals surface area contributed by atoms with E-state index in [1.807, 2.05) is 20.8 Å². The van der Waals surface area contributed by atoms with Gasteiger partial charge in [-0.25, -0.2) is 15.1 Å². The molecule has 0 saturated carbocycles. The Kier molecular flexibility index (Phi) is 10.4. The molecule has 2 rings (SSSR count). The first-order valence-electron chi connectivity index (χ1n) is 13.6. The molecule has 0 spiro atoms. The summed E-state index contributed by atoms with van der Waals surface area (Å²) in [6, 6.07) is -1.19. The second-order valence-corrected chi connectivity index (χ2v) is 14.4. The number of nitrogens with one attached hydrogen (secondary N) is 3. The molecule has 1 aliphatic rings. The molecule has 0 saturated heterocycles. The van der Waals surface area contributed by atoms with E-state index in [0.29, 0.717) is 23.3 Å². The molecule has 0 unspecified atom stereocenters. The van der Waals surface area contributed by atoms with Gasteiger partial charge in [-0.3, -0.25) is 4.84 Å². The predicted octanol–water partition coefficient (Wildman–Crippen LogP) is 4.04. The molecule has 41 heavy (non-hydrogen) atoms. The molecule has 1 aromatic carbocycles. The van der Waals surface area contributed by atoms with Crippen LogP contribution >= 0.6 is 0 Å². The van der Waals surface area contributed by atoms with Crippen LogP contribution in [-0.2, 0) is 30.8 Å². The first kappa shape index (κ1) is 34.1. The maximum atomic E-state index is 13.7. The number of amides is 1. The minimum atomic E-state index is -4.21. The number of hydroxylamine groups is 1. The predicted molar refractivity (Wildman–Crippen MR) is 156 cm³/mol. The number of carboxylic acid groups (broad SMARTS) is 1. The van der Waals surface area contributed by atoms with E-state index in [0.717, 1.165) is 11.1 Å². The van der Waals surface area contributed by atoms with Crippen LogP contribution in [0.15, 0.2) is 9.29 Å². The molecule has 1 aromatic rings. The van der Waals surface area contributed by atoms with E-state index in [2.05, 4.69) is 20.5 Å². The van der Waals surface area contributed by atoms with E-state index in [4.69, 9.17) is 14.3 Å². The summed E-state index contributed by atoms with van der Waals surface area (Å²) in [5, 5.41) is 14.8. The van der Waals surface area contributed by atoms with Crippen LogP contribution in [0.2, 0.25) is 0 Å². The topological polar surface area (TPSA) is 165 Å². The van der Waals surface area contributed by atoms with Crippen LogP contribution in [0.5, 0.6) is 5.75 Å². The van der Waals surface area contributed by atoms with Crippen molar-refractivity contribution in [3.8, 4) is 5.75 Å². The number of hydrogen-bond donors (Lipinski definition) is 4. The summed E-state index contributed by atoms with van der Waals surface area (Å²) in [7, 11) is -4.21. The molecule has 4 N–H and O–H groups in total. The molecule has 0 radical (unpaired) electrons. The van der Waals surface area contributed by atoms with Crippen LogP contribution in [0.3, 0.4) is 0 Å². The SMILES string of the molecule is Cc1c(C)c(S(=O)(=O)/N=C(/NCCC[C@H](NC(=O)OC(C)(C)C)C(=O)O)NOC(C)(C)C)c(C)c2c1OC(C)(C)C2. The number of aliphatic carboxylic acids is 1. The van der Waals surface area contributed by atoms with Gasteiger partial charge < -0.3 is 25.2 Å². The second-order valence-electron chi connectivity index (χ2n) is 12.9. The van der Waals surface area contributed by atoms with Crippen LogP contribution in [-0.4, -0.2) is 60.9 Å². The number of benzene rings is 1. The summed E-state index contributed by atoms with van der Waals surface area (Å²) in [5.74, 6) is -0.652. The third-order valence-electron chi connectivity index (χ3n) is 6.17. The summed E-state index contributed by atoms with van der Waals surface area (Å²) in [6.45, 7) is 19.8. The fraction of sp³-hybridized carbons (Fsp3) is 0.679. The summed E-state index contributed by atoms with van der Waals surface area (Å²) >= 11 is 0. The molecule has 232 valence electrons. The van der Waals surface area contributed by atoms with Crippen molar-refractivity contribution in [1.82, 2.24) is 16.1 Å². The molecule has 1 atom stereocenters. The third-order valence-corrected chi connectivity index (χ3v) is 7.72. The highest BCUT2D eigenvalue weighted by Gasteiger charge is 2.36. The van der Waals surface area contributed by atoms with Crippen molar-refractivity contribution in [2.24, 2.45) is 4.40 Å². The number of carboxylic acids is 1. The third kappa shape index (κ3) is 9.77. The number of carbonyl (C=O) groups excluding carboxylic acids is 1. The average molecular weight is 599 g/mol. The summed E-state index contributed by atoms with van der Waals surface area (Å²) in [5.41, 5.74) is 3.44. The minimum absolute atomic E-state index is 0.0553. The zero-order valence-corrected chi connectivity index (χ0v) is 26.9. The van der Waals surface area contributed by atoms with Crippen molar-refractivity contribution in [1.29, 1.82) is 0 Å². The lowest BCUT2D eigenvalue weighted by molar-refractivity contribution is -0.139. The molecule has 1 heterocycles. The van der Waals surface area contributed by atoms with Crippen molar-refractivity contribution in [2.45, 2.75) is 123 Å². The van der Waals surface area contributed by atoms with Crippen LogP contribution < -0.4 is 20.9 Å². The number of rotatable bonds is 9. The van der Waals surface area contributed by atoms with Gasteiger partial charge >= 0.3 is 12.1 Å². The van der Waals surface area contributed by atoms with Gasteiger partial charge in [-0.1, -0.05) is 0 Å². The van der Waals surface area contributed by atoms with Crippen molar-refractivity contribution >= 4 is 28.0 Å². The molecule has 0 aliphatic carbocycles. The van der Waals surface area contributed by atoms with E-state index in [1.165, 1.54) is 0 Å². The molecule has 0 fully saturated rings. The Labute approximate surface area is 243 Å². The van der Waals surface area contributed by atoms with Gasteiger partial charge in [0.2, 0.25) is 5.96 Å². The largest absolute Gasteiger partial charge is 0.487 e. The van der Waals surface area contributed by atoms with Gasteiger partial charge in [-0.2, -0.15) is 8.42 Å². The Morgan fingerprint density at radius 3 is 2.20 bits per heavy atom. The van der Waals surface area contributed by atoms with Gasteiger partial charge in [0, 0.05) is 18.5 Å². The highest BCUT2D eigenvalue weighted by Crippen LogP contribution is 2.44. The van der Waals surface area contributed by atoms with E-state index < -0.39 is 44.9 Å². The fourth-order valence-corrected chi connectivity index (χ4v) is 5.79. The number of hydrogen-bond acceptors (Lipinski definition) is 7. The second kappa shape index (κ2) is 12.4. The van der Waals surface area contributed by atoms with Gasteiger partial charge in [0.05, 0.1) is 10.5 Å². The molecular formula is C28H46N4O8S. The number of ether oxygens (including phenoxy) is 2. The van der Waals surface area contributed by atoms with Gasteiger partial charge in [0.25, 0.3) is 10.0 Å². The lowest BCUT2D eigenvalue weighted by Crippen LogP contribution is -2.45. The Balaban J connectivity index is 2.28. The van der Waals surface area contributed by atoms with Crippen LogP contribution in [0.1, 0.15) is 90.5 Å². The zero-order chi connectivity index (χ0) is 31.6. The Morgan fingerprint density at radius 1 is 1.05 bits per heavy atom. The summed E-state index contributed by atoms with van der Waals surface area (Å²) in [4.78, 5) is 29.4. The summed E-state index contributed by atoms with van der Waals surface area (Å²) < 4.78 is 42.7. The lowest BCUT2D eigenvalue weighted by Gasteiger charge is -2.23. The minimum Gasteiger partial charge on any atom is -0.487 e. The quantitative estimate of drug-likeness (QED) is 0.141. The maximum absolute atomic E-state index is 13.7. The molecular weight excluding hydrogens is 552 g/mol. The number of guanidine groups is 1. The molecule has 13 heteroatoms. The normalized spacial score (nSPS) is 15.9. The fourth-order valence-electron chi connectivity index (χ4n) is 4.31. The van der Waals surface area contributed by atoms with E-state index >= 15 is 0 Å². The molecule has 1 aliphatic heterocycles. The molecule has 1 amide bonds. The number of carbonyl (C=O) groups is 2. The van der Waals surface area contributed by atoms with Crippen LogP contribution in [0.4, 0.5) is 4.79 Å². The molecule has 0 bridgehead atoms. The van der Waals surface area contributed by atoms with Gasteiger partial charge in [0.15, 0.2) is 0 Å². The first-order chi connectivity index (χ1) is 18.5. The van der Waals surface area contributed by atoms with Crippen LogP contribution in [0, 0.1) is 20.8 Å². The molecule has 0 aromatic heterocycles. The number of fused-ring (bicyclic) bond motifs is 1. The zero-order valence-electron chi connectivity index (χ0n) is 26.1. The lowest BCUT2D eigenvalue weighted by atomic mass is 9.94. The van der Waals surface area contributed by atoms with Gasteiger partial charge in [-0.05, 0) is 106 Å². The number of sulfonamides is 1. The van der Waals surface area contributed by atoms with Crippen molar-refractivity contribution < 1.29 is 37.4 Å². The Hall–Kier alpha value is -3.06. The van der Waals surface area contributed by atoms with Crippen molar-refractivity contribution in [3.63, 3.8) is 0 Å². The summed E-state index contributed by atoms with van der Waals surface area (Å²) in [6.07, 6.45) is 0.0429. The van der Waals surface area contributed by atoms with Crippen molar-refractivity contribution in [3.05, 3.63) is 22.3 Å². The average Bonchev–Trinajstić information content (AvgIpc) is 3.11. The van der Waals surface area contributed by atoms with Crippen LogP contribution in [0.25, 0.3) is 0 Å². The van der Waals surface area contributed by atoms with Crippen molar-refractivity contribution in [2.75, 3.05) is 6.54 Å². The highest BCUT2D eigenvalue weighted by atomic mass is 32.2. The van der Waals surface area contributed by atoms with E-state index in [-0.39, 0.29) is 30.2 Å². The first-order valence-corrected chi connectivity index (χ1v) is 15.0. The van der Waals surface area contributed by atoms with Gasteiger partial charge in [0.1, 0.15) is 23.0 Å². The number of nitrogens with zero attached hydrogens (tertiary/aromatic N) is 1. The maximum Gasteiger partial charge on any atom is 0.408 e. The Morgan fingerprint density at radius 2 is 1.66 bits per heavy atom. The Bertz CT molecular complexity index is 1290.